The number of amides is 2. The molecule has 0 bridgehead atoms. The van der Waals surface area contributed by atoms with Gasteiger partial charge in [0.2, 0.25) is 0 Å². The van der Waals surface area contributed by atoms with E-state index in [-0.39, 0.29) is 16.7 Å². The van der Waals surface area contributed by atoms with Crippen molar-refractivity contribution in [1.82, 2.24) is 5.32 Å². The van der Waals surface area contributed by atoms with Crippen LogP contribution in [-0.4, -0.2) is 35.4 Å². The third-order valence-corrected chi connectivity index (χ3v) is 4.83. The molecule has 0 atom stereocenters. The first kappa shape index (κ1) is 16.4. The Hall–Kier alpha value is -2.48. The van der Waals surface area contributed by atoms with Crippen LogP contribution in [0.1, 0.15) is 5.56 Å². The Morgan fingerprint density at radius 1 is 1.17 bits per heavy atom. The van der Waals surface area contributed by atoms with Crippen molar-refractivity contribution in [2.24, 2.45) is 0 Å². The standard InChI is InChI=1S/C16H15BN2O4S/c1-11-8-12(17)10-14(9-11)23-24(21,22)15-4-2-13(3-5-15)19-7-6-18-16(19)20/h2-5,8-10H,6-7H2,1H3,(H,18,20). The van der Waals surface area contributed by atoms with Crippen molar-refractivity contribution in [3.05, 3.63) is 48.0 Å². The van der Waals surface area contributed by atoms with E-state index in [0.29, 0.717) is 24.2 Å². The molecule has 1 aliphatic rings. The van der Waals surface area contributed by atoms with Crippen LogP contribution in [0.4, 0.5) is 10.5 Å². The molecule has 6 nitrogen and oxygen atoms in total. The molecule has 2 aromatic carbocycles. The van der Waals surface area contributed by atoms with Gasteiger partial charge < -0.3 is 9.50 Å². The van der Waals surface area contributed by atoms with E-state index >= 15 is 0 Å². The number of carbonyl (C=O) groups excluding carboxylic acids is 1. The first-order valence-electron chi connectivity index (χ1n) is 7.32. The van der Waals surface area contributed by atoms with Gasteiger partial charge in [-0.05, 0) is 48.9 Å². The van der Waals surface area contributed by atoms with Crippen LogP contribution in [0.3, 0.4) is 0 Å². The Morgan fingerprint density at radius 2 is 1.88 bits per heavy atom. The molecule has 1 aliphatic heterocycles. The number of rotatable bonds is 4. The van der Waals surface area contributed by atoms with E-state index in [2.05, 4.69) is 5.32 Å². The second-order valence-corrected chi connectivity index (χ2v) is 7.04. The van der Waals surface area contributed by atoms with Crippen LogP contribution in [0.5, 0.6) is 5.75 Å². The minimum atomic E-state index is -3.98. The average Bonchev–Trinajstić information content (AvgIpc) is 2.92. The monoisotopic (exact) mass is 342 g/mol. The zero-order chi connectivity index (χ0) is 17.3. The van der Waals surface area contributed by atoms with Crippen LogP contribution in [-0.2, 0) is 10.1 Å². The van der Waals surface area contributed by atoms with Gasteiger partial charge in [0.05, 0.1) is 0 Å². The summed E-state index contributed by atoms with van der Waals surface area (Å²) in [7, 11) is 1.73. The van der Waals surface area contributed by atoms with Crippen molar-refractivity contribution in [2.45, 2.75) is 11.8 Å². The molecule has 2 radical (unpaired) electrons. The fourth-order valence-electron chi connectivity index (χ4n) is 2.51. The van der Waals surface area contributed by atoms with Crippen LogP contribution in [0, 0.1) is 6.92 Å². The van der Waals surface area contributed by atoms with Gasteiger partial charge in [-0.1, -0.05) is 11.5 Å². The maximum atomic E-state index is 12.4. The molecule has 0 spiro atoms. The number of urea groups is 1. The minimum absolute atomic E-state index is 0.00549. The smallest absolute Gasteiger partial charge is 0.339 e. The van der Waals surface area contributed by atoms with Gasteiger partial charge >= 0.3 is 16.1 Å². The summed E-state index contributed by atoms with van der Waals surface area (Å²) in [6.07, 6.45) is 0. The quantitative estimate of drug-likeness (QED) is 0.667. The second kappa shape index (κ2) is 6.20. The van der Waals surface area contributed by atoms with E-state index in [0.717, 1.165) is 5.56 Å². The summed E-state index contributed by atoms with van der Waals surface area (Å²) < 4.78 is 29.9. The van der Waals surface area contributed by atoms with Gasteiger partial charge in [-0.2, -0.15) is 8.42 Å². The van der Waals surface area contributed by atoms with E-state index in [4.69, 9.17) is 12.0 Å². The third-order valence-electron chi connectivity index (χ3n) is 3.57. The molecule has 2 aromatic rings. The zero-order valence-electron chi connectivity index (χ0n) is 13.0. The molecule has 3 rings (SSSR count). The van der Waals surface area contributed by atoms with E-state index in [9.17, 15) is 13.2 Å². The molecule has 1 fully saturated rings. The fourth-order valence-corrected chi connectivity index (χ4v) is 3.43. The molecular formula is C16H15BN2O4S. The van der Waals surface area contributed by atoms with Crippen LogP contribution in [0.25, 0.3) is 0 Å². The predicted octanol–water partition coefficient (Wildman–Crippen LogP) is 1.09. The summed E-state index contributed by atoms with van der Waals surface area (Å²) >= 11 is 0. The molecule has 0 unspecified atom stereocenters. The molecular weight excluding hydrogens is 327 g/mol. The van der Waals surface area contributed by atoms with Gasteiger partial charge in [0.15, 0.2) is 0 Å². The van der Waals surface area contributed by atoms with Crippen molar-refractivity contribution < 1.29 is 17.4 Å². The Labute approximate surface area is 142 Å². The molecule has 24 heavy (non-hydrogen) atoms. The molecule has 1 heterocycles. The lowest BCUT2D eigenvalue weighted by Gasteiger charge is -2.14. The number of anilines is 1. The van der Waals surface area contributed by atoms with Crippen molar-refractivity contribution in [2.75, 3.05) is 18.0 Å². The van der Waals surface area contributed by atoms with Crippen molar-refractivity contribution >= 4 is 35.1 Å². The van der Waals surface area contributed by atoms with E-state index < -0.39 is 10.1 Å². The lowest BCUT2D eigenvalue weighted by atomic mass is 9.94. The molecule has 2 amide bonds. The second-order valence-electron chi connectivity index (χ2n) is 5.49. The maximum absolute atomic E-state index is 12.4. The number of carbonyl (C=O) groups is 1. The van der Waals surface area contributed by atoms with Gasteiger partial charge in [-0.25, -0.2) is 4.79 Å². The largest absolute Gasteiger partial charge is 0.379 e. The van der Waals surface area contributed by atoms with Gasteiger partial charge in [-0.3, -0.25) is 4.90 Å². The van der Waals surface area contributed by atoms with E-state index in [1.165, 1.54) is 18.2 Å². The Balaban J connectivity index is 1.83. The summed E-state index contributed by atoms with van der Waals surface area (Å²) in [5, 5.41) is 2.69. The zero-order valence-corrected chi connectivity index (χ0v) is 13.8. The maximum Gasteiger partial charge on any atom is 0.339 e. The number of nitrogens with zero attached hydrogens (tertiary/aromatic N) is 1. The molecule has 1 N–H and O–H groups in total. The van der Waals surface area contributed by atoms with Crippen LogP contribution in [0.2, 0.25) is 0 Å². The lowest BCUT2D eigenvalue weighted by Crippen LogP contribution is -2.27. The average molecular weight is 342 g/mol. The fraction of sp³-hybridized carbons (Fsp3) is 0.188. The summed E-state index contributed by atoms with van der Waals surface area (Å²) in [6.45, 7) is 2.91. The topological polar surface area (TPSA) is 75.7 Å². The summed E-state index contributed by atoms with van der Waals surface area (Å²) in [5.41, 5.74) is 1.86. The Bertz CT molecular complexity index is 861. The van der Waals surface area contributed by atoms with Crippen molar-refractivity contribution in [3.63, 3.8) is 0 Å². The SMILES string of the molecule is [B]c1cc(C)cc(OS(=O)(=O)c2ccc(N3CCNC3=O)cc2)c1. The highest BCUT2D eigenvalue weighted by molar-refractivity contribution is 7.87. The van der Waals surface area contributed by atoms with E-state index in [1.807, 2.05) is 0 Å². The molecule has 1 saturated heterocycles. The first-order valence-corrected chi connectivity index (χ1v) is 8.73. The molecule has 0 aliphatic carbocycles. The molecule has 0 aromatic heterocycles. The van der Waals surface area contributed by atoms with Crippen LogP contribution >= 0.6 is 0 Å². The highest BCUT2D eigenvalue weighted by atomic mass is 32.2. The van der Waals surface area contributed by atoms with Crippen LogP contribution in [0.15, 0.2) is 47.4 Å². The van der Waals surface area contributed by atoms with Crippen molar-refractivity contribution in [1.29, 1.82) is 0 Å². The summed E-state index contributed by atoms with van der Waals surface area (Å²) in [5.74, 6) is 0.162. The van der Waals surface area contributed by atoms with Crippen LogP contribution < -0.4 is 19.9 Å². The first-order chi connectivity index (χ1) is 11.3. The van der Waals surface area contributed by atoms with Gasteiger partial charge in [0.25, 0.3) is 0 Å². The predicted molar refractivity (Wildman–Crippen MR) is 91.6 cm³/mol. The Morgan fingerprint density at radius 3 is 2.46 bits per heavy atom. The van der Waals surface area contributed by atoms with Gasteiger partial charge in [0, 0.05) is 18.8 Å². The normalized spacial score (nSPS) is 14.5. The van der Waals surface area contributed by atoms with Gasteiger partial charge in [-0.15, -0.1) is 0 Å². The molecule has 0 saturated carbocycles. The van der Waals surface area contributed by atoms with Crippen molar-refractivity contribution in [3.8, 4) is 5.75 Å². The number of benzene rings is 2. The number of hydrogen-bond donors (Lipinski definition) is 1. The number of aryl methyl sites for hydroxylation is 1. The third kappa shape index (κ3) is 3.38. The lowest BCUT2D eigenvalue weighted by molar-refractivity contribution is 0.252. The molecule has 122 valence electrons. The summed E-state index contributed by atoms with van der Waals surface area (Å²) in [4.78, 5) is 13.2. The molecule has 8 heteroatoms. The minimum Gasteiger partial charge on any atom is -0.379 e. The van der Waals surface area contributed by atoms with E-state index in [1.54, 1.807) is 36.1 Å². The number of nitrogens with one attached hydrogen (secondary N) is 1. The number of hydrogen-bond acceptors (Lipinski definition) is 4. The summed E-state index contributed by atoms with van der Waals surface area (Å²) in [6, 6.07) is 10.5. The van der Waals surface area contributed by atoms with Gasteiger partial charge in [0.1, 0.15) is 18.5 Å². The highest BCUT2D eigenvalue weighted by Gasteiger charge is 2.22. The Kier molecular flexibility index (Phi) is 4.23. The highest BCUT2D eigenvalue weighted by Crippen LogP contribution is 2.22.